The third-order valence-corrected chi connectivity index (χ3v) is 7.37. The second-order valence-corrected chi connectivity index (χ2v) is 9.65. The van der Waals surface area contributed by atoms with Gasteiger partial charge in [-0.25, -0.2) is 0 Å². The van der Waals surface area contributed by atoms with Crippen LogP contribution in [-0.4, -0.2) is 49.4 Å². The maximum Gasteiger partial charge on any atom is 0.259 e. The van der Waals surface area contributed by atoms with Gasteiger partial charge in [-0.1, -0.05) is 25.8 Å². The van der Waals surface area contributed by atoms with E-state index in [-0.39, 0.29) is 5.56 Å². The van der Waals surface area contributed by atoms with Crippen LogP contribution in [0.2, 0.25) is 0 Å². The van der Waals surface area contributed by atoms with Crippen LogP contribution >= 0.6 is 11.3 Å². The van der Waals surface area contributed by atoms with Gasteiger partial charge in [-0.2, -0.15) is 0 Å². The van der Waals surface area contributed by atoms with Crippen molar-refractivity contribution in [2.24, 2.45) is 7.05 Å². The molecule has 1 atom stereocenters. The van der Waals surface area contributed by atoms with Gasteiger partial charge in [0.15, 0.2) is 11.5 Å². The van der Waals surface area contributed by atoms with Gasteiger partial charge in [0.1, 0.15) is 0 Å². The summed E-state index contributed by atoms with van der Waals surface area (Å²) >= 11 is 1.73. The highest BCUT2D eigenvalue weighted by atomic mass is 32.1. The second kappa shape index (κ2) is 10.1. The van der Waals surface area contributed by atoms with Crippen LogP contribution in [0.4, 0.5) is 0 Å². The molecule has 1 aliphatic heterocycles. The number of hydrogen-bond acceptors (Lipinski definition) is 6. The number of nitrogens with one attached hydrogen (secondary N) is 1. The quantitative estimate of drug-likeness (QED) is 0.550. The van der Waals surface area contributed by atoms with E-state index in [9.17, 15) is 4.79 Å². The minimum Gasteiger partial charge on any atom is -0.493 e. The monoisotopic (exact) mass is 455 g/mol. The third kappa shape index (κ3) is 4.70. The molecule has 7 heteroatoms. The lowest BCUT2D eigenvalue weighted by atomic mass is 10.1. The number of fused-ring (bicyclic) bond motifs is 1. The molecule has 3 heterocycles. The number of hydrogen-bond donors (Lipinski definition) is 1. The number of benzene rings is 1. The van der Waals surface area contributed by atoms with E-state index in [0.717, 1.165) is 47.4 Å². The first kappa shape index (κ1) is 22.8. The molecule has 32 heavy (non-hydrogen) atoms. The van der Waals surface area contributed by atoms with Crippen LogP contribution in [0.3, 0.4) is 0 Å². The number of ether oxygens (including phenoxy) is 2. The Bertz CT molecular complexity index is 1140. The van der Waals surface area contributed by atoms with E-state index in [0.29, 0.717) is 17.5 Å². The van der Waals surface area contributed by atoms with Crippen molar-refractivity contribution in [3.05, 3.63) is 45.7 Å². The van der Waals surface area contributed by atoms with Gasteiger partial charge in [0.2, 0.25) is 0 Å². The van der Waals surface area contributed by atoms with Crippen molar-refractivity contribution in [3.8, 4) is 22.6 Å². The van der Waals surface area contributed by atoms with E-state index in [2.05, 4.69) is 23.2 Å². The summed E-state index contributed by atoms with van der Waals surface area (Å²) < 4.78 is 13.6. The first-order chi connectivity index (χ1) is 15.5. The molecule has 1 N–H and O–H groups in total. The van der Waals surface area contributed by atoms with Crippen molar-refractivity contribution >= 4 is 21.4 Å². The predicted molar refractivity (Wildman–Crippen MR) is 132 cm³/mol. The molecule has 3 aromatic rings. The predicted octanol–water partition coefficient (Wildman–Crippen LogP) is 4.25. The van der Waals surface area contributed by atoms with Crippen molar-refractivity contribution in [2.45, 2.75) is 38.8 Å². The van der Waals surface area contributed by atoms with Gasteiger partial charge in [0.25, 0.3) is 5.56 Å². The summed E-state index contributed by atoms with van der Waals surface area (Å²) in [6, 6.07) is 8.57. The van der Waals surface area contributed by atoms with Crippen molar-refractivity contribution in [1.82, 2.24) is 14.8 Å². The summed E-state index contributed by atoms with van der Waals surface area (Å²) in [6.45, 7) is 6.26. The molecule has 0 spiro atoms. The molecule has 1 aliphatic rings. The largest absolute Gasteiger partial charge is 0.493 e. The number of rotatable bonds is 8. The second-order valence-electron chi connectivity index (χ2n) is 8.51. The fourth-order valence-electron chi connectivity index (χ4n) is 4.49. The first-order valence-corrected chi connectivity index (χ1v) is 12.2. The minimum atomic E-state index is 0.0489. The number of methoxy groups -OCH3 is 2. The molecule has 0 saturated carbocycles. The molecule has 0 amide bonds. The molecule has 0 aliphatic carbocycles. The number of nitrogens with zero attached hydrogens (tertiary/aromatic N) is 2. The Morgan fingerprint density at radius 1 is 1.19 bits per heavy atom. The zero-order valence-corrected chi connectivity index (χ0v) is 20.3. The number of unbranched alkanes of at least 4 members (excludes halogenated alkanes) is 1. The zero-order valence-electron chi connectivity index (χ0n) is 19.4. The number of piperazine rings is 1. The molecule has 1 saturated heterocycles. The summed E-state index contributed by atoms with van der Waals surface area (Å²) in [6.07, 6.45) is 5.65. The summed E-state index contributed by atoms with van der Waals surface area (Å²) in [5.74, 6) is 1.38. The fourth-order valence-corrected chi connectivity index (χ4v) is 5.71. The molecule has 1 aromatic carbocycles. The smallest absolute Gasteiger partial charge is 0.259 e. The summed E-state index contributed by atoms with van der Waals surface area (Å²) in [5.41, 5.74) is 2.10. The average molecular weight is 456 g/mol. The SMILES string of the molecule is CCCC[C@@H]1CN(Cc2cc3c(=O)n(C)cc(-c4ccc(OC)c(OC)c4)c3s2)CCN1. The fraction of sp³-hybridized carbons (Fsp3) is 0.480. The Kier molecular flexibility index (Phi) is 7.18. The van der Waals surface area contributed by atoms with Gasteiger partial charge >= 0.3 is 0 Å². The molecule has 0 radical (unpaired) electrons. The van der Waals surface area contributed by atoms with Crippen molar-refractivity contribution in [3.63, 3.8) is 0 Å². The molecule has 0 unspecified atom stereocenters. The molecule has 172 valence electrons. The number of aryl methyl sites for hydroxylation is 1. The normalized spacial score (nSPS) is 17.1. The molecule has 4 rings (SSSR count). The minimum absolute atomic E-state index is 0.0489. The zero-order chi connectivity index (χ0) is 22.7. The molecule has 2 aromatic heterocycles. The van der Waals surface area contributed by atoms with Crippen LogP contribution in [0.15, 0.2) is 35.3 Å². The van der Waals surface area contributed by atoms with E-state index in [1.165, 1.54) is 24.1 Å². The van der Waals surface area contributed by atoms with Gasteiger partial charge in [-0.05, 0) is 30.2 Å². The summed E-state index contributed by atoms with van der Waals surface area (Å²) in [5, 5.41) is 4.44. The summed E-state index contributed by atoms with van der Waals surface area (Å²) in [4.78, 5) is 16.7. The third-order valence-electron chi connectivity index (χ3n) is 6.22. The van der Waals surface area contributed by atoms with Gasteiger partial charge in [0, 0.05) is 60.6 Å². The Balaban J connectivity index is 1.67. The van der Waals surface area contributed by atoms with Crippen LogP contribution in [0, 0.1) is 0 Å². The molecular formula is C25H33N3O3S. The van der Waals surface area contributed by atoms with Crippen molar-refractivity contribution in [1.29, 1.82) is 0 Å². The molecule has 0 bridgehead atoms. The van der Waals surface area contributed by atoms with E-state index in [1.54, 1.807) is 30.1 Å². The lowest BCUT2D eigenvalue weighted by Gasteiger charge is -2.33. The Hall–Kier alpha value is -2.35. The Morgan fingerprint density at radius 2 is 2.00 bits per heavy atom. The molecule has 6 nitrogen and oxygen atoms in total. The number of pyridine rings is 1. The highest BCUT2D eigenvalue weighted by Gasteiger charge is 2.21. The number of aromatic nitrogens is 1. The van der Waals surface area contributed by atoms with E-state index in [1.807, 2.05) is 31.4 Å². The van der Waals surface area contributed by atoms with Crippen LogP contribution < -0.4 is 20.3 Å². The standard InChI is InChI=1S/C25H33N3O3S/c1-5-6-7-18-14-28(11-10-26-18)15-19-13-20-24(32-19)21(16-27(2)25(20)29)17-8-9-22(30-3)23(12-17)31-4/h8-9,12-13,16,18,26H,5-7,10-11,14-15H2,1-4H3/t18-/m1/s1. The van der Waals surface area contributed by atoms with E-state index >= 15 is 0 Å². The van der Waals surface area contributed by atoms with Gasteiger partial charge in [0.05, 0.1) is 19.6 Å². The average Bonchev–Trinajstić information content (AvgIpc) is 3.23. The highest BCUT2D eigenvalue weighted by molar-refractivity contribution is 7.19. The topological polar surface area (TPSA) is 55.7 Å². The Labute approximate surface area is 193 Å². The summed E-state index contributed by atoms with van der Waals surface area (Å²) in [7, 11) is 5.09. The molecule has 1 fully saturated rings. The first-order valence-electron chi connectivity index (χ1n) is 11.3. The van der Waals surface area contributed by atoms with Crippen molar-refractivity contribution in [2.75, 3.05) is 33.9 Å². The van der Waals surface area contributed by atoms with Crippen LogP contribution in [0.5, 0.6) is 11.5 Å². The van der Waals surface area contributed by atoms with Crippen molar-refractivity contribution < 1.29 is 9.47 Å². The van der Waals surface area contributed by atoms with E-state index in [4.69, 9.17) is 9.47 Å². The van der Waals surface area contributed by atoms with Gasteiger partial charge < -0.3 is 19.4 Å². The lowest BCUT2D eigenvalue weighted by molar-refractivity contribution is 0.187. The maximum absolute atomic E-state index is 12.9. The van der Waals surface area contributed by atoms with Crippen LogP contribution in [0.25, 0.3) is 21.2 Å². The van der Waals surface area contributed by atoms with E-state index < -0.39 is 0 Å². The maximum atomic E-state index is 12.9. The van der Waals surface area contributed by atoms with Crippen LogP contribution in [-0.2, 0) is 13.6 Å². The number of thiophene rings is 1. The lowest BCUT2D eigenvalue weighted by Crippen LogP contribution is -2.50. The Morgan fingerprint density at radius 3 is 2.75 bits per heavy atom. The van der Waals surface area contributed by atoms with Crippen LogP contribution in [0.1, 0.15) is 31.1 Å². The van der Waals surface area contributed by atoms with Gasteiger partial charge in [-0.3, -0.25) is 9.69 Å². The van der Waals surface area contributed by atoms with Gasteiger partial charge in [-0.15, -0.1) is 11.3 Å². The highest BCUT2D eigenvalue weighted by Crippen LogP contribution is 2.37. The molecular weight excluding hydrogens is 422 g/mol.